The molecule has 0 amide bonds. The molecular formula is C19H15NO6S. The number of carbonyl (C=O) groups is 1. The first-order valence-corrected chi connectivity index (χ1v) is 9.29. The minimum absolute atomic E-state index is 0.0768. The molecular weight excluding hydrogens is 370 g/mol. The van der Waals surface area contributed by atoms with Crippen molar-refractivity contribution in [3.63, 3.8) is 0 Å². The molecule has 0 fully saturated rings. The van der Waals surface area contributed by atoms with Crippen molar-refractivity contribution in [3.8, 4) is 23.0 Å². The number of sulfonamides is 1. The Hall–Kier alpha value is -3.36. The molecule has 7 nitrogen and oxygen atoms in total. The fourth-order valence-electron chi connectivity index (χ4n) is 2.33. The monoisotopic (exact) mass is 385 g/mol. The van der Waals surface area contributed by atoms with Gasteiger partial charge in [-0.3, -0.25) is 0 Å². The van der Waals surface area contributed by atoms with Crippen LogP contribution in [0.2, 0.25) is 0 Å². The van der Waals surface area contributed by atoms with E-state index in [1.165, 1.54) is 6.07 Å². The summed E-state index contributed by atoms with van der Waals surface area (Å²) in [4.78, 5) is 11.1. The first-order chi connectivity index (χ1) is 12.8. The van der Waals surface area contributed by atoms with Crippen LogP contribution in [0.15, 0.2) is 77.7 Å². The van der Waals surface area contributed by atoms with E-state index in [4.69, 9.17) is 14.6 Å². The van der Waals surface area contributed by atoms with Gasteiger partial charge in [0.15, 0.2) is 5.75 Å². The number of benzene rings is 3. The molecule has 138 valence electrons. The maximum absolute atomic E-state index is 12.0. The second-order valence-corrected chi connectivity index (χ2v) is 7.01. The van der Waals surface area contributed by atoms with E-state index in [0.717, 1.165) is 6.07 Å². The van der Waals surface area contributed by atoms with E-state index < -0.39 is 20.9 Å². The van der Waals surface area contributed by atoms with Gasteiger partial charge in [-0.1, -0.05) is 36.4 Å². The number of hydrogen-bond donors (Lipinski definition) is 2. The minimum atomic E-state index is -4.24. The Balaban J connectivity index is 2.14. The normalized spacial score (nSPS) is 11.0. The van der Waals surface area contributed by atoms with Gasteiger partial charge < -0.3 is 14.6 Å². The Kier molecular flexibility index (Phi) is 5.11. The van der Waals surface area contributed by atoms with Crippen LogP contribution in [0.4, 0.5) is 0 Å². The second kappa shape index (κ2) is 7.48. The van der Waals surface area contributed by atoms with E-state index in [1.54, 1.807) is 60.7 Å². The van der Waals surface area contributed by atoms with Gasteiger partial charge in [-0.2, -0.15) is 0 Å². The van der Waals surface area contributed by atoms with Crippen LogP contribution in [-0.2, 0) is 10.0 Å². The molecule has 0 aromatic heterocycles. The molecule has 0 aliphatic rings. The number of para-hydroxylation sites is 2. The minimum Gasteiger partial charge on any atom is -0.478 e. The Morgan fingerprint density at radius 2 is 1.30 bits per heavy atom. The van der Waals surface area contributed by atoms with Crippen LogP contribution >= 0.6 is 0 Å². The lowest BCUT2D eigenvalue weighted by Gasteiger charge is -2.15. The van der Waals surface area contributed by atoms with Crippen molar-refractivity contribution in [1.82, 2.24) is 0 Å². The highest BCUT2D eigenvalue weighted by atomic mass is 32.2. The molecule has 8 heteroatoms. The van der Waals surface area contributed by atoms with Crippen molar-refractivity contribution in [1.29, 1.82) is 0 Å². The Labute approximate surface area is 155 Å². The molecule has 3 rings (SSSR count). The fourth-order valence-corrected chi connectivity index (χ4v) is 2.99. The van der Waals surface area contributed by atoms with Gasteiger partial charge in [0.05, 0.1) is 0 Å². The molecule has 27 heavy (non-hydrogen) atoms. The lowest BCUT2D eigenvalue weighted by Crippen LogP contribution is -2.15. The van der Waals surface area contributed by atoms with Crippen LogP contribution in [0.3, 0.4) is 0 Å². The third-order valence-electron chi connectivity index (χ3n) is 3.52. The second-order valence-electron chi connectivity index (χ2n) is 5.48. The van der Waals surface area contributed by atoms with E-state index in [-0.39, 0.29) is 17.1 Å². The number of carboxylic acids is 1. The molecule has 3 aromatic rings. The lowest BCUT2D eigenvalue weighted by molar-refractivity contribution is 0.0694. The standard InChI is InChI=1S/C19H15NO6S/c20-27(23,24)18-11-15(19(21)22)16(25-13-7-3-1-4-8-13)12-17(18)26-14-9-5-2-6-10-14/h1-12H,(H,21,22)(H2,20,23,24). The van der Waals surface area contributed by atoms with E-state index in [0.29, 0.717) is 11.5 Å². The van der Waals surface area contributed by atoms with Crippen molar-refractivity contribution in [3.05, 3.63) is 78.4 Å². The Morgan fingerprint density at radius 1 is 0.815 bits per heavy atom. The first kappa shape index (κ1) is 18.4. The van der Waals surface area contributed by atoms with Gasteiger partial charge in [-0.05, 0) is 30.3 Å². The van der Waals surface area contributed by atoms with Gasteiger partial charge in [-0.25, -0.2) is 18.4 Å². The van der Waals surface area contributed by atoms with Crippen molar-refractivity contribution >= 4 is 16.0 Å². The number of aromatic carboxylic acids is 1. The fraction of sp³-hybridized carbons (Fsp3) is 0. The summed E-state index contributed by atoms with van der Waals surface area (Å²) in [5.74, 6) is -0.839. The number of carboxylic acid groups (broad SMARTS) is 1. The maximum atomic E-state index is 12.0. The zero-order valence-corrected chi connectivity index (χ0v) is 14.7. The predicted octanol–water partition coefficient (Wildman–Crippen LogP) is 3.62. The summed E-state index contributed by atoms with van der Waals surface area (Å²) in [5, 5.41) is 14.7. The van der Waals surface area contributed by atoms with E-state index in [9.17, 15) is 18.3 Å². The summed E-state index contributed by atoms with van der Waals surface area (Å²) >= 11 is 0. The maximum Gasteiger partial charge on any atom is 0.339 e. The largest absolute Gasteiger partial charge is 0.478 e. The molecule has 0 saturated heterocycles. The molecule has 3 aromatic carbocycles. The summed E-state index contributed by atoms with van der Waals surface area (Å²) in [7, 11) is -4.24. The topological polar surface area (TPSA) is 116 Å². The third kappa shape index (κ3) is 4.43. The first-order valence-electron chi connectivity index (χ1n) is 7.74. The number of primary sulfonamides is 1. The number of rotatable bonds is 6. The molecule has 0 aliphatic carbocycles. The molecule has 0 radical (unpaired) electrons. The van der Waals surface area contributed by atoms with Crippen LogP contribution in [0.1, 0.15) is 10.4 Å². The quantitative estimate of drug-likeness (QED) is 0.669. The molecule has 0 bridgehead atoms. The molecule has 0 atom stereocenters. The van der Waals surface area contributed by atoms with Crippen LogP contribution in [0.25, 0.3) is 0 Å². The van der Waals surface area contributed by atoms with Crippen molar-refractivity contribution < 1.29 is 27.8 Å². The summed E-state index contributed by atoms with van der Waals surface area (Å²) in [5.41, 5.74) is -0.358. The van der Waals surface area contributed by atoms with Crippen LogP contribution in [0.5, 0.6) is 23.0 Å². The molecule has 0 spiro atoms. The van der Waals surface area contributed by atoms with Crippen LogP contribution < -0.4 is 14.6 Å². The third-order valence-corrected chi connectivity index (χ3v) is 4.46. The van der Waals surface area contributed by atoms with Crippen molar-refractivity contribution in [2.45, 2.75) is 4.90 Å². The van der Waals surface area contributed by atoms with Gasteiger partial charge in [0.1, 0.15) is 27.7 Å². The number of nitrogens with two attached hydrogens (primary N) is 1. The SMILES string of the molecule is NS(=O)(=O)c1cc(C(=O)O)c(Oc2ccccc2)cc1Oc1ccccc1. The van der Waals surface area contributed by atoms with Gasteiger partial charge in [0.2, 0.25) is 10.0 Å². The lowest BCUT2D eigenvalue weighted by atomic mass is 10.2. The highest BCUT2D eigenvalue weighted by Gasteiger charge is 2.24. The number of hydrogen-bond acceptors (Lipinski definition) is 5. The van der Waals surface area contributed by atoms with Gasteiger partial charge in [0, 0.05) is 6.07 Å². The zero-order chi connectivity index (χ0) is 19.4. The molecule has 0 aliphatic heterocycles. The van der Waals surface area contributed by atoms with Crippen molar-refractivity contribution in [2.75, 3.05) is 0 Å². The predicted molar refractivity (Wildman–Crippen MR) is 97.8 cm³/mol. The van der Waals surface area contributed by atoms with Crippen molar-refractivity contribution in [2.24, 2.45) is 5.14 Å². The smallest absolute Gasteiger partial charge is 0.339 e. The van der Waals surface area contributed by atoms with E-state index >= 15 is 0 Å². The van der Waals surface area contributed by atoms with Gasteiger partial charge >= 0.3 is 5.97 Å². The zero-order valence-electron chi connectivity index (χ0n) is 13.9. The summed E-state index contributed by atoms with van der Waals surface area (Å²) in [6, 6.07) is 19.0. The summed E-state index contributed by atoms with van der Waals surface area (Å²) < 4.78 is 35.1. The number of ether oxygens (including phenoxy) is 2. The van der Waals surface area contributed by atoms with E-state index in [2.05, 4.69) is 0 Å². The van der Waals surface area contributed by atoms with Crippen LogP contribution in [-0.4, -0.2) is 19.5 Å². The Morgan fingerprint density at radius 3 is 1.74 bits per heavy atom. The van der Waals surface area contributed by atoms with Crippen LogP contribution in [0, 0.1) is 0 Å². The average Bonchev–Trinajstić information content (AvgIpc) is 2.62. The highest BCUT2D eigenvalue weighted by Crippen LogP contribution is 2.36. The van der Waals surface area contributed by atoms with E-state index in [1.807, 2.05) is 0 Å². The highest BCUT2D eigenvalue weighted by molar-refractivity contribution is 7.89. The molecule has 3 N–H and O–H groups in total. The Bertz CT molecular complexity index is 1070. The van der Waals surface area contributed by atoms with Gasteiger partial charge in [0.25, 0.3) is 0 Å². The molecule has 0 saturated carbocycles. The average molecular weight is 385 g/mol. The van der Waals surface area contributed by atoms with Gasteiger partial charge in [-0.15, -0.1) is 0 Å². The summed E-state index contributed by atoms with van der Waals surface area (Å²) in [6.45, 7) is 0. The molecule has 0 heterocycles. The summed E-state index contributed by atoms with van der Waals surface area (Å²) in [6.07, 6.45) is 0. The molecule has 0 unspecified atom stereocenters.